The van der Waals surface area contributed by atoms with Crippen LogP contribution in [0.4, 0.5) is 0 Å². The molecule has 3 heterocycles. The zero-order chi connectivity index (χ0) is 21.4. The zero-order valence-corrected chi connectivity index (χ0v) is 17.8. The molecule has 0 aliphatic carbocycles. The molecule has 162 valence electrons. The van der Waals surface area contributed by atoms with E-state index in [0.717, 1.165) is 16.8 Å². The van der Waals surface area contributed by atoms with Crippen LogP contribution in [-0.2, 0) is 21.2 Å². The van der Waals surface area contributed by atoms with Crippen LogP contribution >= 0.6 is 0 Å². The lowest BCUT2D eigenvalue weighted by atomic mass is 9.73. The van der Waals surface area contributed by atoms with E-state index in [0.29, 0.717) is 45.4 Å². The highest BCUT2D eigenvalue weighted by atomic mass is 32.2. The number of nitrogens with zero attached hydrogens (tertiary/aromatic N) is 3. The number of sulfonamides is 1. The number of hydrogen-bond acceptors (Lipinski definition) is 6. The van der Waals surface area contributed by atoms with E-state index in [1.54, 1.807) is 11.2 Å². The third kappa shape index (κ3) is 4.01. The van der Waals surface area contributed by atoms with Crippen molar-refractivity contribution in [1.29, 1.82) is 0 Å². The summed E-state index contributed by atoms with van der Waals surface area (Å²) in [4.78, 5) is 14.7. The summed E-state index contributed by atoms with van der Waals surface area (Å²) in [5.74, 6) is -0.0232. The smallest absolute Gasteiger partial charge is 0.222 e. The SMILES string of the molecule is CS(=O)(=O)N1CC2CN(C(=O)CCc3conc3-c3ccccc3)CCC2(CO)C1. The number of aliphatic hydroxyl groups excluding tert-OH is 1. The summed E-state index contributed by atoms with van der Waals surface area (Å²) in [6.45, 7) is 1.62. The van der Waals surface area contributed by atoms with Crippen molar-refractivity contribution < 1.29 is 22.8 Å². The van der Waals surface area contributed by atoms with Crippen LogP contribution in [0.1, 0.15) is 18.4 Å². The molecule has 1 aromatic carbocycles. The summed E-state index contributed by atoms with van der Waals surface area (Å²) < 4.78 is 30.5. The molecule has 0 radical (unpaired) electrons. The normalized spacial score (nSPS) is 24.7. The van der Waals surface area contributed by atoms with E-state index >= 15 is 0 Å². The van der Waals surface area contributed by atoms with E-state index in [1.807, 2.05) is 30.3 Å². The van der Waals surface area contributed by atoms with E-state index in [1.165, 1.54) is 10.6 Å². The van der Waals surface area contributed by atoms with Crippen molar-refractivity contribution in [2.24, 2.45) is 11.3 Å². The van der Waals surface area contributed by atoms with Gasteiger partial charge in [-0.25, -0.2) is 12.7 Å². The Bertz CT molecular complexity index is 1010. The van der Waals surface area contributed by atoms with Gasteiger partial charge in [-0.05, 0) is 18.8 Å². The minimum atomic E-state index is -3.32. The van der Waals surface area contributed by atoms with Gasteiger partial charge in [-0.2, -0.15) is 0 Å². The van der Waals surface area contributed by atoms with Gasteiger partial charge in [-0.3, -0.25) is 4.79 Å². The van der Waals surface area contributed by atoms with Crippen molar-refractivity contribution in [2.75, 3.05) is 39.0 Å². The average Bonchev–Trinajstić information content (AvgIpc) is 3.36. The predicted octanol–water partition coefficient (Wildman–Crippen LogP) is 1.38. The first-order chi connectivity index (χ1) is 14.3. The Balaban J connectivity index is 1.40. The molecule has 1 amide bonds. The quantitative estimate of drug-likeness (QED) is 0.738. The molecule has 2 aliphatic rings. The molecule has 4 rings (SSSR count). The van der Waals surface area contributed by atoms with E-state index in [-0.39, 0.29) is 18.4 Å². The van der Waals surface area contributed by atoms with E-state index in [9.17, 15) is 18.3 Å². The van der Waals surface area contributed by atoms with Crippen LogP contribution < -0.4 is 0 Å². The number of carbonyl (C=O) groups is 1. The van der Waals surface area contributed by atoms with Gasteiger partial charge in [-0.1, -0.05) is 35.5 Å². The summed E-state index contributed by atoms with van der Waals surface area (Å²) in [5, 5.41) is 14.1. The van der Waals surface area contributed by atoms with Gasteiger partial charge in [0.1, 0.15) is 12.0 Å². The molecule has 9 heteroatoms. The number of aryl methyl sites for hydroxylation is 1. The molecule has 2 fully saturated rings. The summed E-state index contributed by atoms with van der Waals surface area (Å²) in [7, 11) is -3.32. The number of aromatic nitrogens is 1. The van der Waals surface area contributed by atoms with Gasteiger partial charge in [0, 0.05) is 49.1 Å². The average molecular weight is 434 g/mol. The molecule has 0 spiro atoms. The number of likely N-dealkylation sites (tertiary alicyclic amines) is 1. The molecule has 30 heavy (non-hydrogen) atoms. The minimum absolute atomic E-state index is 0.0274. The number of rotatable bonds is 6. The van der Waals surface area contributed by atoms with Crippen LogP contribution in [0.25, 0.3) is 11.3 Å². The lowest BCUT2D eigenvalue weighted by Crippen LogP contribution is -2.50. The van der Waals surface area contributed by atoms with Crippen LogP contribution in [0.2, 0.25) is 0 Å². The highest BCUT2D eigenvalue weighted by Gasteiger charge is 2.51. The predicted molar refractivity (Wildman–Crippen MR) is 111 cm³/mol. The van der Waals surface area contributed by atoms with Gasteiger partial charge in [0.15, 0.2) is 0 Å². The Labute approximate surface area is 176 Å². The fourth-order valence-electron chi connectivity index (χ4n) is 4.64. The van der Waals surface area contributed by atoms with E-state index in [2.05, 4.69) is 5.16 Å². The van der Waals surface area contributed by atoms with E-state index < -0.39 is 15.4 Å². The molecule has 2 unspecified atom stereocenters. The molecule has 1 N–H and O–H groups in total. The van der Waals surface area contributed by atoms with Crippen LogP contribution in [0.5, 0.6) is 0 Å². The van der Waals surface area contributed by atoms with Crippen LogP contribution in [-0.4, -0.2) is 72.8 Å². The van der Waals surface area contributed by atoms with Crippen molar-refractivity contribution in [3.8, 4) is 11.3 Å². The Morgan fingerprint density at radius 3 is 2.77 bits per heavy atom. The second-order valence-corrected chi connectivity index (χ2v) is 10.4. The lowest BCUT2D eigenvalue weighted by molar-refractivity contribution is -0.135. The maximum Gasteiger partial charge on any atom is 0.222 e. The maximum atomic E-state index is 12.9. The summed E-state index contributed by atoms with van der Waals surface area (Å²) in [5.41, 5.74) is 2.14. The van der Waals surface area contributed by atoms with Gasteiger partial charge in [0.05, 0.1) is 12.9 Å². The molecular weight excluding hydrogens is 406 g/mol. The van der Waals surface area contributed by atoms with Gasteiger partial charge in [0.25, 0.3) is 0 Å². The third-order valence-electron chi connectivity index (χ3n) is 6.54. The van der Waals surface area contributed by atoms with Crippen LogP contribution in [0.15, 0.2) is 41.1 Å². The minimum Gasteiger partial charge on any atom is -0.396 e. The van der Waals surface area contributed by atoms with Crippen molar-refractivity contribution >= 4 is 15.9 Å². The molecule has 2 atom stereocenters. The second-order valence-electron chi connectivity index (χ2n) is 8.42. The molecule has 2 saturated heterocycles. The fraction of sp³-hybridized carbons (Fsp3) is 0.524. The first-order valence-electron chi connectivity index (χ1n) is 10.1. The number of aliphatic hydroxyl groups is 1. The topological polar surface area (TPSA) is 104 Å². The number of amides is 1. The standard InChI is InChI=1S/C21H27N3O5S/c1-30(27,28)24-12-18-11-23(10-9-21(18,14-24)15-25)19(26)8-7-17-13-29-22-20(17)16-5-3-2-4-6-16/h2-6,13,18,25H,7-12,14-15H2,1H3. The Hall–Kier alpha value is -2.23. The first kappa shape index (κ1) is 21.0. The third-order valence-corrected chi connectivity index (χ3v) is 7.75. The number of fused-ring (bicyclic) bond motifs is 1. The monoisotopic (exact) mass is 433 g/mol. The van der Waals surface area contributed by atoms with Crippen molar-refractivity contribution in [1.82, 2.24) is 14.4 Å². The van der Waals surface area contributed by atoms with Gasteiger partial charge < -0.3 is 14.5 Å². The molecular formula is C21H27N3O5S. The van der Waals surface area contributed by atoms with Crippen molar-refractivity contribution in [3.05, 3.63) is 42.2 Å². The number of hydrogen-bond donors (Lipinski definition) is 1. The second kappa shape index (κ2) is 8.13. The van der Waals surface area contributed by atoms with Gasteiger partial charge in [-0.15, -0.1) is 0 Å². The molecule has 8 nitrogen and oxygen atoms in total. The molecule has 0 saturated carbocycles. The maximum absolute atomic E-state index is 12.9. The summed E-state index contributed by atoms with van der Waals surface area (Å²) in [6, 6.07) is 9.71. The molecule has 2 aromatic rings. The largest absolute Gasteiger partial charge is 0.396 e. The first-order valence-corrected chi connectivity index (χ1v) is 12.0. The van der Waals surface area contributed by atoms with Crippen LogP contribution in [0, 0.1) is 11.3 Å². The molecule has 0 bridgehead atoms. The number of carbonyl (C=O) groups excluding carboxylic acids is 1. The van der Waals surface area contributed by atoms with Gasteiger partial charge in [0.2, 0.25) is 15.9 Å². The lowest BCUT2D eigenvalue weighted by Gasteiger charge is -2.42. The van der Waals surface area contributed by atoms with Crippen molar-refractivity contribution in [2.45, 2.75) is 19.3 Å². The molecule has 1 aromatic heterocycles. The van der Waals surface area contributed by atoms with E-state index in [4.69, 9.17) is 4.52 Å². The summed E-state index contributed by atoms with van der Waals surface area (Å²) >= 11 is 0. The van der Waals surface area contributed by atoms with Crippen molar-refractivity contribution in [3.63, 3.8) is 0 Å². The fourth-order valence-corrected chi connectivity index (χ4v) is 5.58. The molecule has 2 aliphatic heterocycles. The highest BCUT2D eigenvalue weighted by molar-refractivity contribution is 7.88. The zero-order valence-electron chi connectivity index (χ0n) is 17.0. The Morgan fingerprint density at radius 1 is 1.30 bits per heavy atom. The number of piperidine rings is 1. The highest BCUT2D eigenvalue weighted by Crippen LogP contribution is 2.43. The van der Waals surface area contributed by atoms with Crippen LogP contribution in [0.3, 0.4) is 0 Å². The Morgan fingerprint density at radius 2 is 2.07 bits per heavy atom. The Kier molecular flexibility index (Phi) is 5.69. The van der Waals surface area contributed by atoms with Gasteiger partial charge >= 0.3 is 0 Å². The number of benzene rings is 1. The summed E-state index contributed by atoms with van der Waals surface area (Å²) in [6.07, 6.45) is 4.24.